The van der Waals surface area contributed by atoms with Crippen LogP contribution in [0.3, 0.4) is 0 Å². The van der Waals surface area contributed by atoms with Crippen LogP contribution in [-0.4, -0.2) is 24.2 Å². The van der Waals surface area contributed by atoms with E-state index < -0.39 is 18.6 Å². The van der Waals surface area contributed by atoms with Crippen molar-refractivity contribution in [1.29, 1.82) is 0 Å². The van der Waals surface area contributed by atoms with E-state index >= 15 is 0 Å². The third-order valence-corrected chi connectivity index (χ3v) is 3.53. The summed E-state index contributed by atoms with van der Waals surface area (Å²) in [5.74, 6) is -2.62. The van der Waals surface area contributed by atoms with Crippen LogP contribution in [0.4, 0.5) is 8.78 Å². The molecule has 2 rings (SSSR count). The molecule has 0 aliphatic heterocycles. The minimum atomic E-state index is -3.41. The van der Waals surface area contributed by atoms with Gasteiger partial charge in [0.25, 0.3) is 5.92 Å². The van der Waals surface area contributed by atoms with E-state index in [1.165, 1.54) is 12.1 Å². The summed E-state index contributed by atoms with van der Waals surface area (Å²) in [6.45, 7) is 1.16. The van der Waals surface area contributed by atoms with Crippen LogP contribution in [0.15, 0.2) is 48.5 Å². The van der Waals surface area contributed by atoms with E-state index in [-0.39, 0.29) is 5.56 Å². The van der Waals surface area contributed by atoms with Crippen LogP contribution in [0, 0.1) is 0 Å². The van der Waals surface area contributed by atoms with Gasteiger partial charge < -0.3 is 20.3 Å². The van der Waals surface area contributed by atoms with Crippen LogP contribution >= 0.6 is 0 Å². The summed E-state index contributed by atoms with van der Waals surface area (Å²) >= 11 is 0. The van der Waals surface area contributed by atoms with Gasteiger partial charge in [0, 0.05) is 0 Å². The molecule has 0 aliphatic rings. The molecule has 0 unspecified atom stereocenters. The molecule has 0 saturated carbocycles. The van der Waals surface area contributed by atoms with E-state index in [2.05, 4.69) is 0 Å². The molecular formula is C18H21F2NO3. The summed E-state index contributed by atoms with van der Waals surface area (Å²) in [4.78, 5) is 0. The summed E-state index contributed by atoms with van der Waals surface area (Å²) in [6.07, 6.45) is 0. The van der Waals surface area contributed by atoms with Crippen molar-refractivity contribution in [2.45, 2.75) is 25.5 Å². The molecule has 2 aromatic rings. The minimum Gasteiger partial charge on any atom is -0.490 e. The molecule has 0 aromatic heterocycles. The second kappa shape index (κ2) is 8.08. The topological polar surface area (TPSA) is 64.7 Å². The van der Waals surface area contributed by atoms with Gasteiger partial charge in [-0.05, 0) is 30.2 Å². The van der Waals surface area contributed by atoms with E-state index in [1.807, 2.05) is 30.3 Å². The highest BCUT2D eigenvalue weighted by Gasteiger charge is 2.37. The van der Waals surface area contributed by atoms with Crippen LogP contribution in [0.25, 0.3) is 0 Å². The van der Waals surface area contributed by atoms with E-state index in [0.29, 0.717) is 24.7 Å². The van der Waals surface area contributed by atoms with E-state index in [9.17, 15) is 8.78 Å². The van der Waals surface area contributed by atoms with Crippen molar-refractivity contribution in [1.82, 2.24) is 0 Å². The van der Waals surface area contributed by atoms with E-state index in [4.69, 9.17) is 20.3 Å². The zero-order chi connectivity index (χ0) is 17.6. The Morgan fingerprint density at radius 1 is 1.08 bits per heavy atom. The van der Waals surface area contributed by atoms with Crippen LogP contribution in [0.2, 0.25) is 0 Å². The molecule has 0 amide bonds. The number of hydrogen-bond acceptors (Lipinski definition) is 4. The molecule has 0 spiro atoms. The Balaban J connectivity index is 2.20. The highest BCUT2D eigenvalue weighted by Crippen LogP contribution is 2.35. The number of aliphatic hydroxyl groups excluding tert-OH is 1. The van der Waals surface area contributed by atoms with Gasteiger partial charge in [-0.25, -0.2) is 8.78 Å². The number of ether oxygens (including phenoxy) is 2. The van der Waals surface area contributed by atoms with Gasteiger partial charge in [-0.15, -0.1) is 0 Å². The van der Waals surface area contributed by atoms with Gasteiger partial charge in [0.05, 0.1) is 12.6 Å². The number of halogens is 2. The molecule has 0 bridgehead atoms. The first-order valence-corrected chi connectivity index (χ1v) is 7.65. The van der Waals surface area contributed by atoms with Crippen molar-refractivity contribution in [2.75, 3.05) is 13.2 Å². The zero-order valence-corrected chi connectivity index (χ0v) is 13.4. The highest BCUT2D eigenvalue weighted by molar-refractivity contribution is 5.44. The average molecular weight is 337 g/mol. The van der Waals surface area contributed by atoms with Crippen molar-refractivity contribution >= 4 is 0 Å². The standard InChI is InChI=1S/C18H21F2NO3/c1-2-23-16-10-14(17(21)18(19,20)12-22)8-9-15(16)24-11-13-6-4-3-5-7-13/h3-10,17,22H,2,11-12,21H2,1H3/t17-/m0/s1. The predicted octanol–water partition coefficient (Wildman–Crippen LogP) is 3.29. The third-order valence-electron chi connectivity index (χ3n) is 3.53. The molecule has 1 atom stereocenters. The molecule has 4 nitrogen and oxygen atoms in total. The van der Waals surface area contributed by atoms with Crippen molar-refractivity contribution in [3.63, 3.8) is 0 Å². The second-order valence-corrected chi connectivity index (χ2v) is 5.31. The molecule has 2 aromatic carbocycles. The van der Waals surface area contributed by atoms with Gasteiger partial charge in [-0.3, -0.25) is 0 Å². The maximum absolute atomic E-state index is 13.6. The third kappa shape index (κ3) is 4.43. The van der Waals surface area contributed by atoms with Crippen molar-refractivity contribution in [3.8, 4) is 11.5 Å². The molecule has 0 radical (unpaired) electrons. The predicted molar refractivity (Wildman–Crippen MR) is 87.3 cm³/mol. The lowest BCUT2D eigenvalue weighted by atomic mass is 10.0. The summed E-state index contributed by atoms with van der Waals surface area (Å²) in [5.41, 5.74) is 6.71. The van der Waals surface area contributed by atoms with Crippen molar-refractivity contribution in [2.24, 2.45) is 5.73 Å². The fourth-order valence-corrected chi connectivity index (χ4v) is 2.18. The smallest absolute Gasteiger partial charge is 0.289 e. The fraction of sp³-hybridized carbons (Fsp3) is 0.333. The Bertz CT molecular complexity index is 650. The fourth-order valence-electron chi connectivity index (χ4n) is 2.18. The molecule has 0 saturated heterocycles. The van der Waals surface area contributed by atoms with Gasteiger partial charge in [0.15, 0.2) is 11.5 Å². The van der Waals surface area contributed by atoms with Gasteiger partial charge >= 0.3 is 0 Å². The van der Waals surface area contributed by atoms with E-state index in [0.717, 1.165) is 5.56 Å². The quantitative estimate of drug-likeness (QED) is 0.776. The van der Waals surface area contributed by atoms with Gasteiger partial charge in [-0.2, -0.15) is 0 Å². The van der Waals surface area contributed by atoms with Crippen LogP contribution in [0.1, 0.15) is 24.1 Å². The van der Waals surface area contributed by atoms with Crippen LogP contribution in [-0.2, 0) is 6.61 Å². The largest absolute Gasteiger partial charge is 0.490 e. The van der Waals surface area contributed by atoms with Gasteiger partial charge in [-0.1, -0.05) is 36.4 Å². The molecule has 3 N–H and O–H groups in total. The molecule has 0 fully saturated rings. The van der Waals surface area contributed by atoms with Crippen LogP contribution in [0.5, 0.6) is 11.5 Å². The second-order valence-electron chi connectivity index (χ2n) is 5.31. The number of alkyl halides is 2. The average Bonchev–Trinajstić information content (AvgIpc) is 2.61. The molecule has 0 heterocycles. The summed E-state index contributed by atoms with van der Waals surface area (Å²) in [7, 11) is 0. The molecule has 24 heavy (non-hydrogen) atoms. The number of rotatable bonds is 8. The summed E-state index contributed by atoms with van der Waals surface area (Å²) in [6, 6.07) is 12.4. The lowest BCUT2D eigenvalue weighted by molar-refractivity contribution is -0.0712. The number of benzene rings is 2. The minimum absolute atomic E-state index is 0.171. The monoisotopic (exact) mass is 337 g/mol. The lowest BCUT2D eigenvalue weighted by Crippen LogP contribution is -2.36. The van der Waals surface area contributed by atoms with Gasteiger partial charge in [0.2, 0.25) is 0 Å². The van der Waals surface area contributed by atoms with Gasteiger partial charge in [0.1, 0.15) is 13.2 Å². The first kappa shape index (κ1) is 18.2. The number of hydrogen-bond donors (Lipinski definition) is 2. The maximum atomic E-state index is 13.6. The van der Waals surface area contributed by atoms with E-state index in [1.54, 1.807) is 13.0 Å². The van der Waals surface area contributed by atoms with Crippen molar-refractivity contribution < 1.29 is 23.4 Å². The zero-order valence-electron chi connectivity index (χ0n) is 13.4. The van der Waals surface area contributed by atoms with Crippen molar-refractivity contribution in [3.05, 3.63) is 59.7 Å². The Kier molecular flexibility index (Phi) is 6.11. The maximum Gasteiger partial charge on any atom is 0.289 e. The Labute approximate surface area is 139 Å². The number of aliphatic hydroxyl groups is 1. The van der Waals surface area contributed by atoms with Crippen LogP contribution < -0.4 is 15.2 Å². The first-order valence-electron chi connectivity index (χ1n) is 7.65. The Morgan fingerprint density at radius 3 is 2.42 bits per heavy atom. The number of nitrogens with two attached hydrogens (primary N) is 1. The SMILES string of the molecule is CCOc1cc([C@H](N)C(F)(F)CO)ccc1OCc1ccccc1. The molecular weight excluding hydrogens is 316 g/mol. The lowest BCUT2D eigenvalue weighted by Gasteiger charge is -2.23. The molecule has 0 aliphatic carbocycles. The Morgan fingerprint density at radius 2 is 1.79 bits per heavy atom. The summed E-state index contributed by atoms with van der Waals surface area (Å²) < 4.78 is 38.3. The summed E-state index contributed by atoms with van der Waals surface area (Å²) in [5, 5.41) is 8.78. The first-order chi connectivity index (χ1) is 11.5. The Hall–Kier alpha value is -2.18. The molecule has 130 valence electrons. The molecule has 6 heteroatoms. The normalized spacial score (nSPS) is 12.7. The highest BCUT2D eigenvalue weighted by atomic mass is 19.3.